The Bertz CT molecular complexity index is 483. The smallest absolute Gasteiger partial charge is 0.185 e. The lowest BCUT2D eigenvalue weighted by molar-refractivity contribution is 0.0984. The molecule has 0 saturated carbocycles. The molecule has 2 aromatic heterocycles. The van der Waals surface area contributed by atoms with Crippen LogP contribution in [-0.2, 0) is 19.9 Å². The molecule has 2 heterocycles. The third-order valence-electron chi connectivity index (χ3n) is 2.52. The van der Waals surface area contributed by atoms with Gasteiger partial charge in [0.1, 0.15) is 5.69 Å². The van der Waals surface area contributed by atoms with E-state index in [0.29, 0.717) is 12.1 Å². The molecule has 16 heavy (non-hydrogen) atoms. The molecule has 0 N–H and O–H groups in total. The summed E-state index contributed by atoms with van der Waals surface area (Å²) < 4.78 is 6.57. The maximum atomic E-state index is 12.0. The summed E-state index contributed by atoms with van der Waals surface area (Å²) in [5.74, 6) is 0.0658. The van der Waals surface area contributed by atoms with Crippen LogP contribution < -0.4 is 0 Å². The predicted octanol–water partition coefficient (Wildman–Crippen LogP) is 2.00. The van der Waals surface area contributed by atoms with Crippen LogP contribution in [0, 0.1) is 0 Å². The summed E-state index contributed by atoms with van der Waals surface area (Å²) in [7, 11) is 1.79. The first kappa shape index (κ1) is 10.7. The van der Waals surface area contributed by atoms with E-state index < -0.39 is 0 Å². The quantitative estimate of drug-likeness (QED) is 0.737. The van der Waals surface area contributed by atoms with Gasteiger partial charge in [-0.1, -0.05) is 6.92 Å². The minimum Gasteiger partial charge on any atom is -0.472 e. The number of hydrogen-bond donors (Lipinski definition) is 0. The molecule has 0 radical (unpaired) electrons. The van der Waals surface area contributed by atoms with E-state index >= 15 is 0 Å². The van der Waals surface area contributed by atoms with Crippen LogP contribution in [0.4, 0.5) is 0 Å². The minimum absolute atomic E-state index is 0.0658. The molecule has 2 rings (SSSR count). The number of hydrogen-bond acceptors (Lipinski definition) is 3. The van der Waals surface area contributed by atoms with Gasteiger partial charge in [-0.15, -0.1) is 0 Å². The number of Topliss-reactive ketones (excluding diaryl/α,β-unsaturated/α-hetero) is 1. The van der Waals surface area contributed by atoms with Crippen LogP contribution in [0.5, 0.6) is 0 Å². The van der Waals surface area contributed by atoms with Crippen molar-refractivity contribution >= 4 is 5.78 Å². The van der Waals surface area contributed by atoms with Gasteiger partial charge in [0, 0.05) is 13.5 Å². The highest BCUT2D eigenvalue weighted by Gasteiger charge is 2.13. The number of ketones is 1. The number of carbonyl (C=O) groups is 1. The molecule has 0 aliphatic carbocycles. The molecule has 0 bridgehead atoms. The van der Waals surface area contributed by atoms with Crippen molar-refractivity contribution in [1.82, 2.24) is 9.78 Å². The van der Waals surface area contributed by atoms with Gasteiger partial charge in [-0.3, -0.25) is 9.48 Å². The fourth-order valence-electron chi connectivity index (χ4n) is 1.63. The second-order valence-corrected chi connectivity index (χ2v) is 3.73. The highest BCUT2D eigenvalue weighted by Crippen LogP contribution is 2.09. The van der Waals surface area contributed by atoms with Crippen molar-refractivity contribution in [2.75, 3.05) is 0 Å². The number of rotatable bonds is 4. The fourth-order valence-corrected chi connectivity index (χ4v) is 1.63. The molecule has 2 aromatic rings. The Balaban J connectivity index is 2.17. The normalized spacial score (nSPS) is 10.6. The molecule has 0 spiro atoms. The van der Waals surface area contributed by atoms with Crippen molar-refractivity contribution < 1.29 is 9.21 Å². The van der Waals surface area contributed by atoms with Crippen LogP contribution in [0.25, 0.3) is 0 Å². The average Bonchev–Trinajstić information content (AvgIpc) is 2.87. The zero-order valence-electron chi connectivity index (χ0n) is 9.43. The van der Waals surface area contributed by atoms with Crippen molar-refractivity contribution in [3.8, 4) is 0 Å². The molecule has 84 valence electrons. The highest BCUT2D eigenvalue weighted by atomic mass is 16.3. The topological polar surface area (TPSA) is 48.0 Å². The van der Waals surface area contributed by atoms with Crippen LogP contribution in [0.2, 0.25) is 0 Å². The lowest BCUT2D eigenvalue weighted by Crippen LogP contribution is -2.09. The maximum absolute atomic E-state index is 12.0. The second-order valence-electron chi connectivity index (χ2n) is 3.73. The zero-order valence-corrected chi connectivity index (χ0v) is 9.43. The number of nitrogens with zero attached hydrogens (tertiary/aromatic N) is 2. The molecule has 0 amide bonds. The van der Waals surface area contributed by atoms with E-state index in [9.17, 15) is 4.79 Å². The van der Waals surface area contributed by atoms with E-state index in [0.717, 1.165) is 17.7 Å². The Kier molecular flexibility index (Phi) is 2.90. The van der Waals surface area contributed by atoms with Gasteiger partial charge in [0.2, 0.25) is 0 Å². The zero-order chi connectivity index (χ0) is 11.5. The van der Waals surface area contributed by atoms with E-state index in [-0.39, 0.29) is 5.78 Å². The monoisotopic (exact) mass is 218 g/mol. The Labute approximate surface area is 93.9 Å². The first-order valence-corrected chi connectivity index (χ1v) is 5.28. The second kappa shape index (κ2) is 4.35. The van der Waals surface area contributed by atoms with Gasteiger partial charge in [-0.05, 0) is 24.1 Å². The van der Waals surface area contributed by atoms with Gasteiger partial charge in [0.25, 0.3) is 0 Å². The van der Waals surface area contributed by atoms with E-state index in [1.54, 1.807) is 30.3 Å². The molecular weight excluding hydrogens is 204 g/mol. The van der Waals surface area contributed by atoms with Crippen molar-refractivity contribution in [2.45, 2.75) is 19.8 Å². The Morgan fingerprint density at radius 2 is 2.38 bits per heavy atom. The Hall–Kier alpha value is -1.84. The number of carbonyl (C=O) groups excluding carboxylic acids is 1. The lowest BCUT2D eigenvalue weighted by atomic mass is 10.1. The van der Waals surface area contributed by atoms with Crippen LogP contribution in [0.1, 0.15) is 28.7 Å². The molecule has 4 heteroatoms. The lowest BCUT2D eigenvalue weighted by Gasteiger charge is -1.98. The summed E-state index contributed by atoms with van der Waals surface area (Å²) in [5, 5.41) is 4.25. The van der Waals surface area contributed by atoms with Crippen molar-refractivity contribution in [2.24, 2.45) is 7.05 Å². The summed E-state index contributed by atoms with van der Waals surface area (Å²) in [6.45, 7) is 2.02. The molecule has 0 aliphatic heterocycles. The summed E-state index contributed by atoms with van der Waals surface area (Å²) in [6, 6.07) is 3.65. The molecule has 0 aliphatic rings. The molecule has 0 atom stereocenters. The molecule has 0 fully saturated rings. The van der Waals surface area contributed by atoms with Gasteiger partial charge in [0.15, 0.2) is 5.78 Å². The summed E-state index contributed by atoms with van der Waals surface area (Å²) in [4.78, 5) is 12.0. The average molecular weight is 218 g/mol. The van der Waals surface area contributed by atoms with Gasteiger partial charge < -0.3 is 4.42 Å². The minimum atomic E-state index is 0.0658. The SMILES string of the molecule is CCc1cc(C(=O)Cc2ccoc2)n(C)n1. The van der Waals surface area contributed by atoms with E-state index in [1.165, 1.54) is 0 Å². The van der Waals surface area contributed by atoms with E-state index in [4.69, 9.17) is 4.42 Å². The fraction of sp³-hybridized carbons (Fsp3) is 0.333. The summed E-state index contributed by atoms with van der Waals surface area (Å²) in [5.41, 5.74) is 2.49. The number of furan rings is 1. The third-order valence-corrected chi connectivity index (χ3v) is 2.52. The largest absolute Gasteiger partial charge is 0.472 e. The standard InChI is InChI=1S/C12H14N2O2/c1-3-10-7-11(14(2)13-10)12(15)6-9-4-5-16-8-9/h4-5,7-8H,3,6H2,1-2H3. The summed E-state index contributed by atoms with van der Waals surface area (Å²) in [6.07, 6.45) is 4.37. The van der Waals surface area contributed by atoms with Gasteiger partial charge in [-0.2, -0.15) is 5.10 Å². The third kappa shape index (κ3) is 2.05. The molecule has 0 unspecified atom stereocenters. The molecular formula is C12H14N2O2. The first-order valence-electron chi connectivity index (χ1n) is 5.28. The van der Waals surface area contributed by atoms with E-state index in [1.807, 2.05) is 13.0 Å². The molecule has 0 aromatic carbocycles. The number of aromatic nitrogens is 2. The van der Waals surface area contributed by atoms with Crippen LogP contribution in [0.15, 0.2) is 29.1 Å². The number of aryl methyl sites for hydroxylation is 2. The summed E-state index contributed by atoms with van der Waals surface area (Å²) >= 11 is 0. The van der Waals surface area contributed by atoms with E-state index in [2.05, 4.69) is 5.10 Å². The maximum Gasteiger partial charge on any atom is 0.185 e. The van der Waals surface area contributed by atoms with Crippen molar-refractivity contribution in [3.63, 3.8) is 0 Å². The van der Waals surface area contributed by atoms with Crippen molar-refractivity contribution in [1.29, 1.82) is 0 Å². The first-order chi connectivity index (χ1) is 7.70. The van der Waals surface area contributed by atoms with Crippen LogP contribution >= 0.6 is 0 Å². The Morgan fingerprint density at radius 3 is 2.94 bits per heavy atom. The molecule has 0 saturated heterocycles. The van der Waals surface area contributed by atoms with Gasteiger partial charge >= 0.3 is 0 Å². The predicted molar refractivity (Wildman–Crippen MR) is 59.3 cm³/mol. The molecule has 4 nitrogen and oxygen atoms in total. The van der Waals surface area contributed by atoms with Gasteiger partial charge in [0.05, 0.1) is 18.2 Å². The van der Waals surface area contributed by atoms with Gasteiger partial charge in [-0.25, -0.2) is 0 Å². The van der Waals surface area contributed by atoms with Crippen molar-refractivity contribution in [3.05, 3.63) is 41.6 Å². The van der Waals surface area contributed by atoms with Crippen LogP contribution in [-0.4, -0.2) is 15.6 Å². The Morgan fingerprint density at radius 1 is 1.56 bits per heavy atom. The van der Waals surface area contributed by atoms with Crippen LogP contribution in [0.3, 0.4) is 0 Å². The highest BCUT2D eigenvalue weighted by molar-refractivity contribution is 5.96.